The van der Waals surface area contributed by atoms with E-state index >= 15 is 0 Å². The quantitative estimate of drug-likeness (QED) is 0.769. The molecule has 1 aliphatic heterocycles. The van der Waals surface area contributed by atoms with Crippen molar-refractivity contribution in [2.45, 2.75) is 6.67 Å². The number of fused-ring (bicyclic) bond motifs is 3. The molecular weight excluding hydrogens is 284 g/mol. The molecule has 108 valence electrons. The molecule has 1 aliphatic rings. The van der Waals surface area contributed by atoms with Crippen LogP contribution < -0.4 is 4.90 Å². The number of aromatic nitrogens is 1. The summed E-state index contributed by atoms with van der Waals surface area (Å²) >= 11 is 6.19. The Bertz CT molecular complexity index is 790. The number of para-hydroxylation sites is 1. The predicted molar refractivity (Wildman–Crippen MR) is 86.0 cm³/mol. The molecule has 1 saturated heterocycles. The Morgan fingerprint density at radius 1 is 1.00 bits per heavy atom. The van der Waals surface area contributed by atoms with Crippen LogP contribution in [0.15, 0.2) is 42.5 Å². The first-order valence-electron chi connectivity index (χ1n) is 7.41. The van der Waals surface area contributed by atoms with Gasteiger partial charge in [-0.2, -0.15) is 0 Å². The van der Waals surface area contributed by atoms with Crippen molar-refractivity contribution >= 4 is 33.4 Å². The molecular formula is C17H18ClN2O+. The third kappa shape index (κ3) is 2.31. The van der Waals surface area contributed by atoms with Gasteiger partial charge in [0.2, 0.25) is 0 Å². The van der Waals surface area contributed by atoms with Gasteiger partial charge in [-0.15, -0.1) is 0 Å². The fourth-order valence-electron chi connectivity index (χ4n) is 3.24. The molecule has 0 atom stereocenters. The van der Waals surface area contributed by atoms with E-state index in [4.69, 9.17) is 16.3 Å². The zero-order chi connectivity index (χ0) is 14.2. The monoisotopic (exact) mass is 301 g/mol. The summed E-state index contributed by atoms with van der Waals surface area (Å²) in [6.45, 7) is 4.84. The lowest BCUT2D eigenvalue weighted by molar-refractivity contribution is -0.929. The lowest BCUT2D eigenvalue weighted by Crippen LogP contribution is -3.13. The van der Waals surface area contributed by atoms with Crippen LogP contribution in [-0.2, 0) is 11.4 Å². The number of rotatable bonds is 2. The van der Waals surface area contributed by atoms with Gasteiger partial charge < -0.3 is 9.64 Å². The Hall–Kier alpha value is -1.55. The van der Waals surface area contributed by atoms with Gasteiger partial charge in [0.05, 0.1) is 24.2 Å². The van der Waals surface area contributed by atoms with E-state index < -0.39 is 0 Å². The minimum Gasteiger partial charge on any atom is -0.370 e. The van der Waals surface area contributed by atoms with Crippen LogP contribution in [0.3, 0.4) is 0 Å². The standard InChI is InChI=1S/C17H17ClN2O/c18-13-5-6-17-15(11-13)14-3-1-2-4-16(14)20(17)12-19-7-9-21-10-8-19/h1-6,11H,7-10,12H2/p+1. The van der Waals surface area contributed by atoms with Crippen molar-refractivity contribution in [1.29, 1.82) is 0 Å². The predicted octanol–water partition coefficient (Wildman–Crippen LogP) is 2.32. The number of hydrogen-bond donors (Lipinski definition) is 1. The van der Waals surface area contributed by atoms with Crippen LogP contribution in [-0.4, -0.2) is 30.9 Å². The number of nitrogens with zero attached hydrogens (tertiary/aromatic N) is 1. The van der Waals surface area contributed by atoms with Crippen molar-refractivity contribution in [3.63, 3.8) is 0 Å². The van der Waals surface area contributed by atoms with E-state index in [1.54, 1.807) is 4.90 Å². The molecule has 2 aromatic carbocycles. The number of nitrogens with one attached hydrogen (secondary N) is 1. The molecule has 21 heavy (non-hydrogen) atoms. The van der Waals surface area contributed by atoms with E-state index in [1.165, 1.54) is 21.8 Å². The van der Waals surface area contributed by atoms with Crippen molar-refractivity contribution in [2.24, 2.45) is 0 Å². The van der Waals surface area contributed by atoms with Crippen LogP contribution >= 0.6 is 11.6 Å². The molecule has 0 unspecified atom stereocenters. The lowest BCUT2D eigenvalue weighted by atomic mass is 10.2. The van der Waals surface area contributed by atoms with E-state index in [0.717, 1.165) is 38.0 Å². The third-order valence-electron chi connectivity index (χ3n) is 4.32. The van der Waals surface area contributed by atoms with Crippen LogP contribution in [0.5, 0.6) is 0 Å². The average Bonchev–Trinajstić information content (AvgIpc) is 2.82. The molecule has 3 aromatic rings. The Balaban J connectivity index is 1.88. The molecule has 3 nitrogen and oxygen atoms in total. The zero-order valence-corrected chi connectivity index (χ0v) is 12.6. The van der Waals surface area contributed by atoms with Crippen molar-refractivity contribution in [3.8, 4) is 0 Å². The number of ether oxygens (including phenoxy) is 1. The van der Waals surface area contributed by atoms with Gasteiger partial charge in [-0.3, -0.25) is 4.57 Å². The SMILES string of the molecule is Clc1ccc2c(c1)c1ccccc1n2C[NH+]1CCOCC1. The maximum absolute atomic E-state index is 6.19. The van der Waals surface area contributed by atoms with Crippen LogP contribution in [0.1, 0.15) is 0 Å². The first-order chi connectivity index (χ1) is 10.3. The lowest BCUT2D eigenvalue weighted by Gasteiger charge is -2.24. The second kappa shape index (κ2) is 5.34. The van der Waals surface area contributed by atoms with Gasteiger partial charge in [-0.25, -0.2) is 0 Å². The number of morpholine rings is 1. The summed E-state index contributed by atoms with van der Waals surface area (Å²) in [5.74, 6) is 0. The molecule has 4 heteroatoms. The molecule has 1 fully saturated rings. The molecule has 1 N–H and O–H groups in total. The molecule has 0 radical (unpaired) electrons. The van der Waals surface area contributed by atoms with Crippen LogP contribution in [0.4, 0.5) is 0 Å². The smallest absolute Gasteiger partial charge is 0.157 e. The molecule has 0 saturated carbocycles. The molecule has 2 heterocycles. The molecule has 4 rings (SSSR count). The van der Waals surface area contributed by atoms with E-state index in [-0.39, 0.29) is 0 Å². The van der Waals surface area contributed by atoms with Gasteiger partial charge in [-0.1, -0.05) is 29.8 Å². The Kier molecular flexibility index (Phi) is 3.34. The van der Waals surface area contributed by atoms with Gasteiger partial charge in [0, 0.05) is 15.8 Å². The summed E-state index contributed by atoms with van der Waals surface area (Å²) < 4.78 is 7.88. The number of benzene rings is 2. The van der Waals surface area contributed by atoms with E-state index in [0.29, 0.717) is 0 Å². The summed E-state index contributed by atoms with van der Waals surface area (Å²) in [4.78, 5) is 1.57. The maximum Gasteiger partial charge on any atom is 0.157 e. The van der Waals surface area contributed by atoms with Gasteiger partial charge in [0.25, 0.3) is 0 Å². The highest BCUT2D eigenvalue weighted by molar-refractivity contribution is 6.31. The van der Waals surface area contributed by atoms with Gasteiger partial charge >= 0.3 is 0 Å². The Morgan fingerprint density at radius 2 is 1.76 bits per heavy atom. The topological polar surface area (TPSA) is 18.6 Å². The highest BCUT2D eigenvalue weighted by Gasteiger charge is 2.17. The molecule has 0 aliphatic carbocycles. The van der Waals surface area contributed by atoms with Crippen LogP contribution in [0.25, 0.3) is 21.8 Å². The summed E-state index contributed by atoms with van der Waals surface area (Å²) in [7, 11) is 0. The highest BCUT2D eigenvalue weighted by atomic mass is 35.5. The zero-order valence-electron chi connectivity index (χ0n) is 11.8. The molecule has 1 aromatic heterocycles. The van der Waals surface area contributed by atoms with Crippen molar-refractivity contribution in [2.75, 3.05) is 26.3 Å². The van der Waals surface area contributed by atoms with Gasteiger partial charge in [-0.05, 0) is 24.3 Å². The van der Waals surface area contributed by atoms with Crippen molar-refractivity contribution in [1.82, 2.24) is 4.57 Å². The first kappa shape index (κ1) is 13.1. The normalized spacial score (nSPS) is 16.8. The summed E-state index contributed by atoms with van der Waals surface area (Å²) in [5.41, 5.74) is 2.55. The average molecular weight is 302 g/mol. The second-order valence-corrected chi connectivity index (χ2v) is 6.06. The van der Waals surface area contributed by atoms with Crippen molar-refractivity contribution < 1.29 is 9.64 Å². The Morgan fingerprint density at radius 3 is 2.62 bits per heavy atom. The Labute approximate surface area is 128 Å². The summed E-state index contributed by atoms with van der Waals surface area (Å²) in [6.07, 6.45) is 0. The van der Waals surface area contributed by atoms with Crippen molar-refractivity contribution in [3.05, 3.63) is 47.5 Å². The van der Waals surface area contributed by atoms with Crippen LogP contribution in [0.2, 0.25) is 5.02 Å². The highest BCUT2D eigenvalue weighted by Crippen LogP contribution is 2.30. The largest absolute Gasteiger partial charge is 0.370 e. The van der Waals surface area contributed by atoms with E-state index in [9.17, 15) is 0 Å². The van der Waals surface area contributed by atoms with Gasteiger partial charge in [0.1, 0.15) is 13.1 Å². The number of hydrogen-bond acceptors (Lipinski definition) is 1. The number of halogens is 1. The minimum atomic E-state index is 0.795. The molecule has 0 amide bonds. The minimum absolute atomic E-state index is 0.795. The third-order valence-corrected chi connectivity index (χ3v) is 4.55. The number of quaternary nitrogens is 1. The van der Waals surface area contributed by atoms with E-state index in [2.05, 4.69) is 41.0 Å². The fraction of sp³-hybridized carbons (Fsp3) is 0.294. The summed E-state index contributed by atoms with van der Waals surface area (Å²) in [6, 6.07) is 14.8. The molecule has 0 spiro atoms. The molecule has 0 bridgehead atoms. The summed E-state index contributed by atoms with van der Waals surface area (Å²) in [5, 5.41) is 3.32. The maximum atomic E-state index is 6.19. The van der Waals surface area contributed by atoms with Crippen LogP contribution in [0, 0.1) is 0 Å². The second-order valence-electron chi connectivity index (χ2n) is 5.63. The van der Waals surface area contributed by atoms with Gasteiger partial charge in [0.15, 0.2) is 6.67 Å². The first-order valence-corrected chi connectivity index (χ1v) is 7.78. The van der Waals surface area contributed by atoms with E-state index in [1.807, 2.05) is 6.07 Å². The fourth-order valence-corrected chi connectivity index (χ4v) is 3.41.